The largest absolute Gasteiger partial charge is 0.497 e. The minimum atomic E-state index is -0.220. The second-order valence-corrected chi connectivity index (χ2v) is 4.96. The first kappa shape index (κ1) is 13.5. The number of ether oxygens (including phenoxy) is 1. The standard InChI is InChI=1S/C16H13ClN2O2/c1-21-10-6-7-13(17)15(8-10)19-16(20)12-9-18-14-5-3-2-4-11(12)14/h2-9,18H,1H3,(H,19,20). The normalized spacial score (nSPS) is 10.6. The molecule has 4 nitrogen and oxygen atoms in total. The lowest BCUT2D eigenvalue weighted by Gasteiger charge is -2.08. The van der Waals surface area contributed by atoms with Crippen molar-refractivity contribution in [2.45, 2.75) is 0 Å². The van der Waals surface area contributed by atoms with Crippen LogP contribution in [0.5, 0.6) is 5.75 Å². The molecule has 0 aliphatic rings. The van der Waals surface area contributed by atoms with Crippen molar-refractivity contribution in [2.24, 2.45) is 0 Å². The quantitative estimate of drug-likeness (QED) is 0.765. The summed E-state index contributed by atoms with van der Waals surface area (Å²) in [4.78, 5) is 15.5. The zero-order valence-corrected chi connectivity index (χ0v) is 12.1. The van der Waals surface area contributed by atoms with Gasteiger partial charge in [0.05, 0.1) is 23.4 Å². The van der Waals surface area contributed by atoms with E-state index in [4.69, 9.17) is 16.3 Å². The van der Waals surface area contributed by atoms with E-state index in [1.165, 1.54) is 0 Å². The van der Waals surface area contributed by atoms with E-state index >= 15 is 0 Å². The van der Waals surface area contributed by atoms with Crippen LogP contribution in [-0.4, -0.2) is 18.0 Å². The topological polar surface area (TPSA) is 54.1 Å². The Morgan fingerprint density at radius 2 is 2.05 bits per heavy atom. The van der Waals surface area contributed by atoms with Crippen LogP contribution in [0.3, 0.4) is 0 Å². The molecule has 0 radical (unpaired) electrons. The van der Waals surface area contributed by atoms with Crippen LogP contribution in [0.15, 0.2) is 48.7 Å². The maximum Gasteiger partial charge on any atom is 0.257 e. The Balaban J connectivity index is 1.93. The van der Waals surface area contributed by atoms with E-state index in [2.05, 4.69) is 10.3 Å². The summed E-state index contributed by atoms with van der Waals surface area (Å²) in [6, 6.07) is 12.7. The van der Waals surface area contributed by atoms with Gasteiger partial charge in [0.1, 0.15) is 5.75 Å². The number of para-hydroxylation sites is 1. The Hall–Kier alpha value is -2.46. The third kappa shape index (κ3) is 2.58. The molecule has 0 atom stereocenters. The fraction of sp³-hybridized carbons (Fsp3) is 0.0625. The van der Waals surface area contributed by atoms with E-state index in [0.717, 1.165) is 10.9 Å². The van der Waals surface area contributed by atoms with E-state index in [-0.39, 0.29) is 5.91 Å². The van der Waals surface area contributed by atoms with E-state index in [9.17, 15) is 4.79 Å². The van der Waals surface area contributed by atoms with Gasteiger partial charge in [0.25, 0.3) is 5.91 Å². The van der Waals surface area contributed by atoms with Crippen LogP contribution in [0.25, 0.3) is 10.9 Å². The number of nitrogens with one attached hydrogen (secondary N) is 2. The average molecular weight is 301 g/mol. The lowest BCUT2D eigenvalue weighted by molar-refractivity contribution is 0.102. The fourth-order valence-corrected chi connectivity index (χ4v) is 2.34. The average Bonchev–Trinajstić information content (AvgIpc) is 2.93. The van der Waals surface area contributed by atoms with Crippen molar-refractivity contribution in [2.75, 3.05) is 12.4 Å². The van der Waals surface area contributed by atoms with E-state index in [1.807, 2.05) is 24.3 Å². The second-order valence-electron chi connectivity index (χ2n) is 4.55. The molecule has 3 rings (SSSR count). The summed E-state index contributed by atoms with van der Waals surface area (Å²) in [6.07, 6.45) is 1.69. The van der Waals surface area contributed by atoms with Gasteiger partial charge in [-0.05, 0) is 18.2 Å². The molecule has 2 aromatic carbocycles. The van der Waals surface area contributed by atoms with Crippen LogP contribution in [-0.2, 0) is 0 Å². The van der Waals surface area contributed by atoms with Gasteiger partial charge in [0, 0.05) is 23.2 Å². The lowest BCUT2D eigenvalue weighted by atomic mass is 10.1. The Kier molecular flexibility index (Phi) is 3.54. The number of carbonyl (C=O) groups excluding carboxylic acids is 1. The first-order valence-corrected chi connectivity index (χ1v) is 6.78. The lowest BCUT2D eigenvalue weighted by Crippen LogP contribution is -2.11. The zero-order chi connectivity index (χ0) is 14.8. The smallest absolute Gasteiger partial charge is 0.257 e. The van der Waals surface area contributed by atoms with Gasteiger partial charge in [0.2, 0.25) is 0 Å². The number of fused-ring (bicyclic) bond motifs is 1. The number of hydrogen-bond acceptors (Lipinski definition) is 2. The molecule has 0 aliphatic carbocycles. The maximum atomic E-state index is 12.4. The molecule has 1 aromatic heterocycles. The van der Waals surface area contributed by atoms with Crippen LogP contribution in [0, 0.1) is 0 Å². The molecular weight excluding hydrogens is 288 g/mol. The molecule has 21 heavy (non-hydrogen) atoms. The summed E-state index contributed by atoms with van der Waals surface area (Å²) in [5, 5.41) is 4.14. The Bertz CT molecular complexity index is 811. The summed E-state index contributed by atoms with van der Waals surface area (Å²) >= 11 is 6.10. The molecule has 2 N–H and O–H groups in total. The predicted octanol–water partition coefficient (Wildman–Crippen LogP) is 4.08. The van der Waals surface area contributed by atoms with Gasteiger partial charge in [-0.25, -0.2) is 0 Å². The molecule has 0 saturated carbocycles. The summed E-state index contributed by atoms with van der Waals surface area (Å²) in [5.74, 6) is 0.413. The third-order valence-corrected chi connectivity index (χ3v) is 3.59. The number of aromatic amines is 1. The van der Waals surface area contributed by atoms with Crippen LogP contribution in [0.1, 0.15) is 10.4 Å². The van der Waals surface area contributed by atoms with E-state index in [0.29, 0.717) is 22.0 Å². The van der Waals surface area contributed by atoms with Gasteiger partial charge in [0.15, 0.2) is 0 Å². The molecule has 106 valence electrons. The number of anilines is 1. The van der Waals surface area contributed by atoms with Gasteiger partial charge in [-0.2, -0.15) is 0 Å². The van der Waals surface area contributed by atoms with Crippen molar-refractivity contribution in [3.63, 3.8) is 0 Å². The zero-order valence-electron chi connectivity index (χ0n) is 11.3. The molecule has 0 bridgehead atoms. The van der Waals surface area contributed by atoms with Gasteiger partial charge in [-0.1, -0.05) is 29.8 Å². The van der Waals surface area contributed by atoms with Crippen LogP contribution in [0.4, 0.5) is 5.69 Å². The van der Waals surface area contributed by atoms with Gasteiger partial charge in [-0.15, -0.1) is 0 Å². The number of carbonyl (C=O) groups is 1. The molecule has 0 aliphatic heterocycles. The minimum absolute atomic E-state index is 0.220. The second kappa shape index (κ2) is 5.50. The molecule has 3 aromatic rings. The minimum Gasteiger partial charge on any atom is -0.497 e. The highest BCUT2D eigenvalue weighted by molar-refractivity contribution is 6.34. The molecule has 5 heteroatoms. The van der Waals surface area contributed by atoms with Gasteiger partial charge < -0.3 is 15.0 Å². The summed E-state index contributed by atoms with van der Waals surface area (Å²) in [6.45, 7) is 0. The van der Waals surface area contributed by atoms with Crippen molar-refractivity contribution in [3.8, 4) is 5.75 Å². The third-order valence-electron chi connectivity index (χ3n) is 3.26. The Morgan fingerprint density at radius 1 is 1.24 bits per heavy atom. The maximum absolute atomic E-state index is 12.4. The molecular formula is C16H13ClN2O2. The highest BCUT2D eigenvalue weighted by Gasteiger charge is 2.13. The van der Waals surface area contributed by atoms with Crippen molar-refractivity contribution in [3.05, 3.63) is 59.2 Å². The number of aromatic nitrogens is 1. The number of halogens is 1. The number of methoxy groups -OCH3 is 1. The highest BCUT2D eigenvalue weighted by atomic mass is 35.5. The molecule has 0 saturated heterocycles. The number of amides is 1. The highest BCUT2D eigenvalue weighted by Crippen LogP contribution is 2.28. The Morgan fingerprint density at radius 3 is 2.86 bits per heavy atom. The number of H-pyrrole nitrogens is 1. The van der Waals surface area contributed by atoms with Crippen molar-refractivity contribution in [1.82, 2.24) is 4.98 Å². The SMILES string of the molecule is COc1ccc(Cl)c(NC(=O)c2c[nH]c3ccccc23)c1. The Labute approximate surface area is 126 Å². The molecule has 0 spiro atoms. The molecule has 1 heterocycles. The summed E-state index contributed by atoms with van der Waals surface area (Å²) in [7, 11) is 1.56. The van der Waals surface area contributed by atoms with Gasteiger partial charge in [-0.3, -0.25) is 4.79 Å². The monoisotopic (exact) mass is 300 g/mol. The van der Waals surface area contributed by atoms with Crippen molar-refractivity contribution < 1.29 is 9.53 Å². The first-order chi connectivity index (χ1) is 10.2. The molecule has 0 unspecified atom stereocenters. The number of hydrogen-bond donors (Lipinski definition) is 2. The fourth-order valence-electron chi connectivity index (χ4n) is 2.18. The first-order valence-electron chi connectivity index (χ1n) is 6.40. The van der Waals surface area contributed by atoms with E-state index < -0.39 is 0 Å². The number of benzene rings is 2. The van der Waals surface area contributed by atoms with Crippen LogP contribution < -0.4 is 10.1 Å². The van der Waals surface area contributed by atoms with Crippen LogP contribution >= 0.6 is 11.6 Å². The van der Waals surface area contributed by atoms with E-state index in [1.54, 1.807) is 31.5 Å². The molecule has 1 amide bonds. The van der Waals surface area contributed by atoms with Crippen molar-refractivity contribution in [1.29, 1.82) is 0 Å². The summed E-state index contributed by atoms with van der Waals surface area (Å²) in [5.41, 5.74) is 2.01. The summed E-state index contributed by atoms with van der Waals surface area (Å²) < 4.78 is 5.14. The number of rotatable bonds is 3. The van der Waals surface area contributed by atoms with Crippen molar-refractivity contribution >= 4 is 34.1 Å². The van der Waals surface area contributed by atoms with Crippen LogP contribution in [0.2, 0.25) is 5.02 Å². The predicted molar refractivity (Wildman–Crippen MR) is 84.3 cm³/mol. The van der Waals surface area contributed by atoms with Gasteiger partial charge >= 0.3 is 0 Å². The molecule has 0 fully saturated rings.